The van der Waals surface area contributed by atoms with Crippen LogP contribution in [0, 0.1) is 0 Å². The first kappa shape index (κ1) is 11.5. The summed E-state index contributed by atoms with van der Waals surface area (Å²) in [6.45, 7) is 4.72. The fourth-order valence-corrected chi connectivity index (χ4v) is 1.86. The number of methoxy groups -OCH3 is 1. The first-order valence-electron chi connectivity index (χ1n) is 5.15. The third kappa shape index (κ3) is 2.45. The standard InChI is InChI=1S/C10H19NO3/c1-3-6-11-7-4-10(13,5-8-11)9(12)14-2/h13H,3-8H2,1-2H3. The average molecular weight is 201 g/mol. The van der Waals surface area contributed by atoms with E-state index in [0.29, 0.717) is 12.8 Å². The minimum atomic E-state index is -1.24. The van der Waals surface area contributed by atoms with Crippen LogP contribution in [0.25, 0.3) is 0 Å². The van der Waals surface area contributed by atoms with Gasteiger partial charge in [-0.05, 0) is 25.8 Å². The molecular weight excluding hydrogens is 182 g/mol. The van der Waals surface area contributed by atoms with Crippen LogP contribution >= 0.6 is 0 Å². The largest absolute Gasteiger partial charge is 0.467 e. The highest BCUT2D eigenvalue weighted by atomic mass is 16.5. The third-order valence-electron chi connectivity index (χ3n) is 2.79. The van der Waals surface area contributed by atoms with Gasteiger partial charge in [-0.25, -0.2) is 4.79 Å². The second-order valence-corrected chi connectivity index (χ2v) is 3.86. The maximum atomic E-state index is 11.3. The van der Waals surface area contributed by atoms with Crippen molar-refractivity contribution in [2.45, 2.75) is 31.8 Å². The van der Waals surface area contributed by atoms with Crippen molar-refractivity contribution in [3.8, 4) is 0 Å². The molecule has 14 heavy (non-hydrogen) atoms. The monoisotopic (exact) mass is 201 g/mol. The highest BCUT2D eigenvalue weighted by molar-refractivity contribution is 5.79. The van der Waals surface area contributed by atoms with Gasteiger partial charge < -0.3 is 14.7 Å². The Hall–Kier alpha value is -0.610. The van der Waals surface area contributed by atoms with Crippen molar-refractivity contribution in [1.29, 1.82) is 0 Å². The van der Waals surface area contributed by atoms with Crippen molar-refractivity contribution in [1.82, 2.24) is 4.90 Å². The number of nitrogens with zero attached hydrogens (tertiary/aromatic N) is 1. The van der Waals surface area contributed by atoms with Gasteiger partial charge in [0.1, 0.15) is 0 Å². The number of hydrogen-bond donors (Lipinski definition) is 1. The molecular formula is C10H19NO3. The summed E-state index contributed by atoms with van der Waals surface area (Å²) in [5, 5.41) is 9.92. The maximum absolute atomic E-state index is 11.3. The van der Waals surface area contributed by atoms with Crippen LogP contribution in [0.4, 0.5) is 0 Å². The number of ether oxygens (including phenoxy) is 1. The third-order valence-corrected chi connectivity index (χ3v) is 2.79. The molecule has 0 aromatic carbocycles. The zero-order valence-electron chi connectivity index (χ0n) is 8.95. The summed E-state index contributed by atoms with van der Waals surface area (Å²) in [7, 11) is 1.32. The van der Waals surface area contributed by atoms with E-state index in [0.717, 1.165) is 26.1 Å². The summed E-state index contributed by atoms with van der Waals surface area (Å²) in [4.78, 5) is 13.5. The van der Waals surface area contributed by atoms with Crippen LogP contribution in [-0.4, -0.2) is 48.3 Å². The number of carbonyl (C=O) groups is 1. The van der Waals surface area contributed by atoms with Gasteiger partial charge in [-0.2, -0.15) is 0 Å². The summed E-state index contributed by atoms with van der Waals surface area (Å²) in [5.41, 5.74) is -1.24. The van der Waals surface area contributed by atoms with Gasteiger partial charge in [0.05, 0.1) is 7.11 Å². The molecule has 0 unspecified atom stereocenters. The van der Waals surface area contributed by atoms with E-state index < -0.39 is 11.6 Å². The molecule has 0 amide bonds. The molecule has 1 saturated heterocycles. The lowest BCUT2D eigenvalue weighted by molar-refractivity contribution is -0.167. The summed E-state index contributed by atoms with van der Waals surface area (Å²) >= 11 is 0. The second-order valence-electron chi connectivity index (χ2n) is 3.86. The first-order chi connectivity index (χ1) is 6.62. The van der Waals surface area contributed by atoms with Crippen molar-refractivity contribution >= 4 is 5.97 Å². The number of likely N-dealkylation sites (tertiary alicyclic amines) is 1. The van der Waals surface area contributed by atoms with E-state index in [2.05, 4.69) is 16.6 Å². The van der Waals surface area contributed by atoms with Gasteiger partial charge in [-0.3, -0.25) is 0 Å². The van der Waals surface area contributed by atoms with Gasteiger partial charge >= 0.3 is 5.97 Å². The lowest BCUT2D eigenvalue weighted by atomic mass is 9.91. The smallest absolute Gasteiger partial charge is 0.337 e. The van der Waals surface area contributed by atoms with E-state index in [1.54, 1.807) is 0 Å². The Morgan fingerprint density at radius 3 is 2.50 bits per heavy atom. The number of rotatable bonds is 3. The molecule has 1 aliphatic rings. The SMILES string of the molecule is CCCN1CCC(O)(C(=O)OC)CC1. The number of aliphatic hydroxyl groups is 1. The Bertz CT molecular complexity index is 198. The van der Waals surface area contributed by atoms with E-state index >= 15 is 0 Å². The molecule has 0 radical (unpaired) electrons. The minimum Gasteiger partial charge on any atom is -0.467 e. The number of piperidine rings is 1. The zero-order chi connectivity index (χ0) is 10.6. The average Bonchev–Trinajstić information content (AvgIpc) is 2.21. The van der Waals surface area contributed by atoms with Gasteiger partial charge in [0.15, 0.2) is 5.60 Å². The number of carbonyl (C=O) groups excluding carboxylic acids is 1. The van der Waals surface area contributed by atoms with Crippen molar-refractivity contribution < 1.29 is 14.6 Å². The molecule has 1 N–H and O–H groups in total. The van der Waals surface area contributed by atoms with E-state index in [1.165, 1.54) is 7.11 Å². The lowest BCUT2D eigenvalue weighted by Crippen LogP contribution is -2.49. The van der Waals surface area contributed by atoms with Crippen molar-refractivity contribution in [2.75, 3.05) is 26.7 Å². The number of esters is 1. The van der Waals surface area contributed by atoms with Crippen LogP contribution in [0.5, 0.6) is 0 Å². The van der Waals surface area contributed by atoms with Crippen molar-refractivity contribution in [2.24, 2.45) is 0 Å². The van der Waals surface area contributed by atoms with Gasteiger partial charge in [-0.15, -0.1) is 0 Å². The molecule has 0 aromatic heterocycles. The van der Waals surface area contributed by atoms with Crippen LogP contribution in [0.1, 0.15) is 26.2 Å². The molecule has 0 spiro atoms. The van der Waals surface area contributed by atoms with Crippen LogP contribution in [0.15, 0.2) is 0 Å². The minimum absolute atomic E-state index is 0.486. The molecule has 1 aliphatic heterocycles. The quantitative estimate of drug-likeness (QED) is 0.671. The predicted molar refractivity (Wildman–Crippen MR) is 52.9 cm³/mol. The van der Waals surface area contributed by atoms with Crippen molar-refractivity contribution in [3.63, 3.8) is 0 Å². The Kier molecular flexibility index (Phi) is 3.89. The normalized spacial score (nSPS) is 21.9. The Morgan fingerprint density at radius 2 is 2.07 bits per heavy atom. The van der Waals surface area contributed by atoms with E-state index in [9.17, 15) is 9.90 Å². The van der Waals surface area contributed by atoms with Crippen LogP contribution in [0.2, 0.25) is 0 Å². The molecule has 1 fully saturated rings. The van der Waals surface area contributed by atoms with Crippen LogP contribution in [0.3, 0.4) is 0 Å². The molecule has 0 saturated carbocycles. The Morgan fingerprint density at radius 1 is 1.50 bits per heavy atom. The summed E-state index contributed by atoms with van der Waals surface area (Å²) in [5.74, 6) is -0.492. The van der Waals surface area contributed by atoms with Gasteiger partial charge in [0, 0.05) is 13.1 Å². The van der Waals surface area contributed by atoms with E-state index in [-0.39, 0.29) is 0 Å². The second kappa shape index (κ2) is 4.75. The molecule has 1 rings (SSSR count). The predicted octanol–water partition coefficient (Wildman–Crippen LogP) is 0.396. The molecule has 82 valence electrons. The van der Waals surface area contributed by atoms with Gasteiger partial charge in [0.2, 0.25) is 0 Å². The van der Waals surface area contributed by atoms with Gasteiger partial charge in [-0.1, -0.05) is 6.92 Å². The van der Waals surface area contributed by atoms with Crippen LogP contribution < -0.4 is 0 Å². The molecule has 0 atom stereocenters. The topological polar surface area (TPSA) is 49.8 Å². The fraction of sp³-hybridized carbons (Fsp3) is 0.900. The Balaban J connectivity index is 2.44. The lowest BCUT2D eigenvalue weighted by Gasteiger charge is -2.35. The van der Waals surface area contributed by atoms with Crippen molar-refractivity contribution in [3.05, 3.63) is 0 Å². The van der Waals surface area contributed by atoms with Crippen LogP contribution in [-0.2, 0) is 9.53 Å². The molecule has 0 bridgehead atoms. The molecule has 4 nitrogen and oxygen atoms in total. The zero-order valence-corrected chi connectivity index (χ0v) is 8.95. The molecule has 4 heteroatoms. The maximum Gasteiger partial charge on any atom is 0.337 e. The molecule has 0 aromatic rings. The highest BCUT2D eigenvalue weighted by Crippen LogP contribution is 2.23. The van der Waals surface area contributed by atoms with Gasteiger partial charge in [0.25, 0.3) is 0 Å². The fourth-order valence-electron chi connectivity index (χ4n) is 1.86. The van der Waals surface area contributed by atoms with E-state index in [4.69, 9.17) is 0 Å². The van der Waals surface area contributed by atoms with E-state index in [1.807, 2.05) is 0 Å². The molecule has 0 aliphatic carbocycles. The Labute approximate surface area is 84.8 Å². The molecule has 1 heterocycles. The number of hydrogen-bond acceptors (Lipinski definition) is 4. The summed E-state index contributed by atoms with van der Waals surface area (Å²) < 4.78 is 4.58. The first-order valence-corrected chi connectivity index (χ1v) is 5.15. The summed E-state index contributed by atoms with van der Waals surface area (Å²) in [6.07, 6.45) is 2.08. The highest BCUT2D eigenvalue weighted by Gasteiger charge is 2.39. The summed E-state index contributed by atoms with van der Waals surface area (Å²) in [6, 6.07) is 0.